The van der Waals surface area contributed by atoms with Crippen molar-refractivity contribution >= 4 is 48.2 Å². The van der Waals surface area contributed by atoms with Crippen LogP contribution in [0.25, 0.3) is 0 Å². The van der Waals surface area contributed by atoms with Crippen LogP contribution in [0.5, 0.6) is 0 Å². The van der Waals surface area contributed by atoms with E-state index in [4.69, 9.17) is 4.52 Å². The van der Waals surface area contributed by atoms with Crippen LogP contribution in [-0.4, -0.2) is 56.8 Å². The van der Waals surface area contributed by atoms with Crippen LogP contribution in [-0.2, 0) is 13.9 Å². The first-order valence-corrected chi connectivity index (χ1v) is 6.94. The fourth-order valence-electron chi connectivity index (χ4n) is 1.22. The molecule has 1 aliphatic heterocycles. The van der Waals surface area contributed by atoms with Gasteiger partial charge in [-0.2, -0.15) is 0 Å². The summed E-state index contributed by atoms with van der Waals surface area (Å²) in [7, 11) is -4.48. The minimum absolute atomic E-state index is 0. The Morgan fingerprint density at radius 2 is 1.81 bits per heavy atom. The summed E-state index contributed by atoms with van der Waals surface area (Å²) in [5, 5.41) is 0. The number of hydrogen-bond donors (Lipinski definition) is 2. The van der Waals surface area contributed by atoms with Gasteiger partial charge in [0.2, 0.25) is 0 Å². The summed E-state index contributed by atoms with van der Waals surface area (Å²) >= 11 is 0. The van der Waals surface area contributed by atoms with E-state index in [-0.39, 0.29) is 47.0 Å². The normalized spacial score (nSPS) is 24.1. The molecule has 8 heteroatoms. The predicted molar refractivity (Wildman–Crippen MR) is 71.3 cm³/mol. The average molecular weight is 283 g/mol. The molecule has 1 aliphatic rings. The van der Waals surface area contributed by atoms with Crippen molar-refractivity contribution in [1.82, 2.24) is 0 Å². The van der Waals surface area contributed by atoms with Gasteiger partial charge >= 0.3 is 107 Å². The van der Waals surface area contributed by atoms with Gasteiger partial charge in [0.15, 0.2) is 17.4 Å². The first-order valence-electron chi connectivity index (χ1n) is 5.04. The Kier molecular flexibility index (Phi) is 9.75. The molecule has 1 unspecified atom stereocenters. The maximum absolute atomic E-state index is 9.18. The molecule has 1 rings (SSSR count). The second kappa shape index (κ2) is 7.85. The Morgan fingerprint density at radius 1 is 1.25 bits per heavy atom. The Balaban J connectivity index is 0. The molecule has 0 radical (unpaired) electrons. The monoisotopic (exact) mass is 282 g/mol. The summed E-state index contributed by atoms with van der Waals surface area (Å²) in [4.78, 5) is 18.4. The summed E-state index contributed by atoms with van der Waals surface area (Å²) in [5.74, 6) is 0.334. The van der Waals surface area contributed by atoms with Crippen molar-refractivity contribution in [2.24, 2.45) is 5.92 Å². The summed E-state index contributed by atoms with van der Waals surface area (Å²) in [6.45, 7) is 4.45. The van der Waals surface area contributed by atoms with Crippen LogP contribution in [0, 0.1) is 5.92 Å². The molecule has 0 aliphatic carbocycles. The SMILES string of the molecule is CCCCC(CC)COP1(O)(O)OO1.[AlH3].[MgH2]. The van der Waals surface area contributed by atoms with Crippen molar-refractivity contribution in [1.29, 1.82) is 0 Å². The van der Waals surface area contributed by atoms with E-state index in [2.05, 4.69) is 16.3 Å². The molecule has 1 heterocycles. The van der Waals surface area contributed by atoms with Crippen LogP contribution in [0.2, 0.25) is 0 Å². The van der Waals surface area contributed by atoms with E-state index in [9.17, 15) is 9.79 Å². The van der Waals surface area contributed by atoms with E-state index in [1.807, 2.05) is 6.92 Å². The van der Waals surface area contributed by atoms with Crippen molar-refractivity contribution in [3.05, 3.63) is 0 Å². The summed E-state index contributed by atoms with van der Waals surface area (Å²) in [5.41, 5.74) is 0. The first-order chi connectivity index (χ1) is 6.48. The smallest absolute Gasteiger partial charge is 0.187 e. The van der Waals surface area contributed by atoms with E-state index >= 15 is 0 Å². The van der Waals surface area contributed by atoms with E-state index in [1.165, 1.54) is 0 Å². The number of unbranched alkanes of at least 4 members (excludes halogenated alkanes) is 1. The van der Waals surface area contributed by atoms with Crippen molar-refractivity contribution in [3.63, 3.8) is 0 Å². The summed E-state index contributed by atoms with van der Waals surface area (Å²) in [6, 6.07) is 0. The van der Waals surface area contributed by atoms with Gasteiger partial charge in [-0.15, -0.1) is 0 Å². The molecule has 1 atom stereocenters. The van der Waals surface area contributed by atoms with Gasteiger partial charge in [0.05, 0.1) is 0 Å². The minimum Gasteiger partial charge on any atom is 0.187 e. The van der Waals surface area contributed by atoms with Gasteiger partial charge in [0, 0.05) is 0 Å². The molecule has 0 aromatic heterocycles. The second-order valence-electron chi connectivity index (χ2n) is 3.66. The van der Waals surface area contributed by atoms with Gasteiger partial charge in [-0.25, -0.2) is 0 Å². The molecule has 0 spiro atoms. The van der Waals surface area contributed by atoms with Crippen molar-refractivity contribution < 1.29 is 23.7 Å². The summed E-state index contributed by atoms with van der Waals surface area (Å²) in [6.07, 6.45) is 4.23. The van der Waals surface area contributed by atoms with E-state index in [1.54, 1.807) is 0 Å². The van der Waals surface area contributed by atoms with Gasteiger partial charge in [0.25, 0.3) is 0 Å². The molecule has 0 aromatic rings. The van der Waals surface area contributed by atoms with Crippen LogP contribution in [0.3, 0.4) is 0 Å². The molecule has 16 heavy (non-hydrogen) atoms. The van der Waals surface area contributed by atoms with Crippen LogP contribution in [0.15, 0.2) is 0 Å². The Labute approximate surface area is 123 Å². The van der Waals surface area contributed by atoms with Crippen LogP contribution >= 0.6 is 7.74 Å². The van der Waals surface area contributed by atoms with E-state index < -0.39 is 7.74 Å². The van der Waals surface area contributed by atoms with Crippen molar-refractivity contribution in [2.45, 2.75) is 39.5 Å². The van der Waals surface area contributed by atoms with Crippen LogP contribution in [0.1, 0.15) is 39.5 Å². The van der Waals surface area contributed by atoms with Crippen LogP contribution < -0.4 is 0 Å². The first kappa shape index (κ1) is 19.9. The average Bonchev–Trinajstić information content (AvgIpc) is 2.79. The van der Waals surface area contributed by atoms with Crippen molar-refractivity contribution in [3.8, 4) is 0 Å². The third-order valence-electron chi connectivity index (χ3n) is 2.34. The zero-order chi connectivity index (χ0) is 10.7. The molecule has 2 N–H and O–H groups in total. The predicted octanol–water partition coefficient (Wildman–Crippen LogP) is 0.194. The van der Waals surface area contributed by atoms with E-state index in [0.717, 1.165) is 25.7 Å². The van der Waals surface area contributed by atoms with Gasteiger partial charge in [0.1, 0.15) is 0 Å². The molecule has 96 valence electrons. The topological polar surface area (TPSA) is 74.8 Å². The Morgan fingerprint density at radius 3 is 2.19 bits per heavy atom. The number of rotatable bonds is 7. The molecular formula is C8H24AlMgO5P. The third kappa shape index (κ3) is 7.07. The van der Waals surface area contributed by atoms with Gasteiger partial charge < -0.3 is 0 Å². The molecule has 0 saturated carbocycles. The Bertz CT molecular complexity index is 199. The largest absolute Gasteiger partial charge is 0.316 e. The third-order valence-corrected chi connectivity index (χ3v) is 3.47. The maximum Gasteiger partial charge on any atom is 0.316 e. The van der Waals surface area contributed by atoms with Crippen LogP contribution in [0.4, 0.5) is 0 Å². The molecule has 0 aromatic carbocycles. The molecule has 0 bridgehead atoms. The van der Waals surface area contributed by atoms with E-state index in [0.29, 0.717) is 5.92 Å². The molecule has 1 saturated heterocycles. The van der Waals surface area contributed by atoms with Gasteiger partial charge in [-0.3, -0.25) is 0 Å². The molecule has 1 fully saturated rings. The molecule has 5 nitrogen and oxygen atoms in total. The zero-order valence-electron chi connectivity index (χ0n) is 8.68. The standard InChI is InChI=1S/C8H19O5P.Al.Mg.5H/c1-3-5-6-8(4-2)7-11-14(9,10)12-13-14;;;;;;;/h8-10H,3-7H2,1-2H3;;;;;;;. The molecular weight excluding hydrogens is 258 g/mol. The quantitative estimate of drug-likeness (QED) is 0.302. The second-order valence-corrected chi connectivity index (χ2v) is 5.83. The fraction of sp³-hybridized carbons (Fsp3) is 1.00. The fourth-order valence-corrected chi connectivity index (χ4v) is 2.12. The summed E-state index contributed by atoms with van der Waals surface area (Å²) < 4.78 is 13.1. The van der Waals surface area contributed by atoms with Gasteiger partial charge in [-0.05, 0) is 0 Å². The maximum atomic E-state index is 9.18. The van der Waals surface area contributed by atoms with Crippen molar-refractivity contribution in [2.75, 3.05) is 6.61 Å². The molecule has 0 amide bonds. The zero-order valence-corrected chi connectivity index (χ0v) is 9.57. The minimum atomic E-state index is -4.48. The Hall–Kier alpha value is 1.53. The van der Waals surface area contributed by atoms with Gasteiger partial charge in [-0.1, -0.05) is 0 Å². The number of hydrogen-bond acceptors (Lipinski definition) is 5.